The number of rotatable bonds is 7. The molecule has 1 atom stereocenters. The molecule has 1 amide bonds. The highest BCUT2D eigenvalue weighted by Gasteiger charge is 2.20. The largest absolute Gasteiger partial charge is 0.506 e. The molecule has 7 nitrogen and oxygen atoms in total. The van der Waals surface area contributed by atoms with Crippen LogP contribution in [0.2, 0.25) is 0 Å². The summed E-state index contributed by atoms with van der Waals surface area (Å²) in [5.74, 6) is -3.57. The molecule has 172 valence electrons. The highest BCUT2D eigenvalue weighted by atomic mass is 19.1. The molecule has 33 heavy (non-hydrogen) atoms. The highest BCUT2D eigenvalue weighted by Crippen LogP contribution is 2.30. The number of aliphatic hydroxyl groups is 1. The van der Waals surface area contributed by atoms with Crippen LogP contribution >= 0.6 is 0 Å². The molecule has 0 spiro atoms. The summed E-state index contributed by atoms with van der Waals surface area (Å²) >= 11 is 0. The van der Waals surface area contributed by atoms with Gasteiger partial charge in [-0.2, -0.15) is 0 Å². The van der Waals surface area contributed by atoms with Crippen molar-refractivity contribution in [1.82, 2.24) is 4.98 Å². The van der Waals surface area contributed by atoms with Gasteiger partial charge in [0.05, 0.1) is 5.69 Å². The number of carboxylic acid groups (broad SMARTS) is 1. The molecular weight excluding hydrogens is 434 g/mol. The summed E-state index contributed by atoms with van der Waals surface area (Å²) in [6.07, 6.45) is -1.91. The van der Waals surface area contributed by atoms with E-state index in [0.29, 0.717) is 22.4 Å². The van der Waals surface area contributed by atoms with E-state index in [9.17, 15) is 28.6 Å². The maximum atomic E-state index is 14.9. The van der Waals surface area contributed by atoms with Crippen LogP contribution in [0.1, 0.15) is 46.2 Å². The monoisotopic (exact) mass is 456 g/mol. The maximum absolute atomic E-state index is 14.9. The molecule has 3 aromatic rings. The number of aromatic nitrogens is 1. The van der Waals surface area contributed by atoms with Gasteiger partial charge in [-0.15, -0.1) is 0 Å². The molecule has 0 saturated heterocycles. The fourth-order valence-electron chi connectivity index (χ4n) is 3.49. The Bertz CT molecular complexity index is 1210. The molecule has 3 rings (SSSR count). The van der Waals surface area contributed by atoms with E-state index in [0.717, 1.165) is 0 Å². The van der Waals surface area contributed by atoms with Crippen molar-refractivity contribution in [2.24, 2.45) is 0 Å². The van der Waals surface area contributed by atoms with Gasteiger partial charge in [0.1, 0.15) is 35.6 Å². The number of halogens is 2. The van der Waals surface area contributed by atoms with Crippen LogP contribution in [0.25, 0.3) is 0 Å². The zero-order valence-electron chi connectivity index (χ0n) is 17.9. The van der Waals surface area contributed by atoms with E-state index in [-0.39, 0.29) is 29.1 Å². The minimum atomic E-state index is -1.32. The van der Waals surface area contributed by atoms with Gasteiger partial charge in [0, 0.05) is 12.1 Å². The molecule has 4 N–H and O–H groups in total. The van der Waals surface area contributed by atoms with Gasteiger partial charge in [0.2, 0.25) is 5.91 Å². The lowest BCUT2D eigenvalue weighted by Gasteiger charge is -2.17. The van der Waals surface area contributed by atoms with Gasteiger partial charge < -0.3 is 20.6 Å². The number of aliphatic hydroxyl groups excluding tert-OH is 1. The van der Waals surface area contributed by atoms with Gasteiger partial charge in [-0.3, -0.25) is 14.6 Å². The number of aromatic hydroxyl groups is 1. The molecule has 2 aromatic carbocycles. The fourth-order valence-corrected chi connectivity index (χ4v) is 3.49. The number of carbonyl (C=O) groups is 2. The Hall–Kier alpha value is -3.85. The van der Waals surface area contributed by atoms with Crippen LogP contribution in [-0.2, 0) is 16.0 Å². The minimum Gasteiger partial charge on any atom is -0.506 e. The first-order valence-electron chi connectivity index (χ1n) is 9.99. The lowest BCUT2D eigenvalue weighted by molar-refractivity contribution is -0.139. The van der Waals surface area contributed by atoms with Crippen molar-refractivity contribution >= 4 is 17.6 Å². The number of hydrogen-bond acceptors (Lipinski definition) is 5. The average Bonchev–Trinajstić information content (AvgIpc) is 2.75. The van der Waals surface area contributed by atoms with E-state index in [1.54, 1.807) is 6.92 Å². The number of nitrogens with one attached hydrogen (secondary N) is 1. The second-order valence-corrected chi connectivity index (χ2v) is 7.62. The summed E-state index contributed by atoms with van der Waals surface area (Å²) in [5.41, 5.74) is 2.11. The van der Waals surface area contributed by atoms with Crippen LogP contribution in [0.3, 0.4) is 0 Å². The molecular formula is C24H22F2N2O5. The smallest absolute Gasteiger partial charge is 0.312 e. The first kappa shape index (κ1) is 23.8. The first-order valence-corrected chi connectivity index (χ1v) is 9.99. The number of pyridine rings is 1. The van der Waals surface area contributed by atoms with E-state index < -0.39 is 36.0 Å². The lowest BCUT2D eigenvalue weighted by atomic mass is 9.96. The Morgan fingerprint density at radius 3 is 2.39 bits per heavy atom. The quantitative estimate of drug-likeness (QED) is 0.402. The van der Waals surface area contributed by atoms with Gasteiger partial charge in [0.15, 0.2) is 0 Å². The number of hydrogen-bond donors (Lipinski definition) is 4. The third-order valence-corrected chi connectivity index (χ3v) is 5.20. The fraction of sp³-hybridized carbons (Fsp3) is 0.208. The number of aliphatic carboxylic acids is 1. The average molecular weight is 456 g/mol. The Kier molecular flexibility index (Phi) is 7.03. The Balaban J connectivity index is 1.89. The predicted molar refractivity (Wildman–Crippen MR) is 116 cm³/mol. The summed E-state index contributed by atoms with van der Waals surface area (Å²) in [6, 6.07) is 9.45. The number of aryl methyl sites for hydroxylation is 1. The molecule has 0 bridgehead atoms. The van der Waals surface area contributed by atoms with Crippen molar-refractivity contribution in [1.29, 1.82) is 0 Å². The third-order valence-electron chi connectivity index (χ3n) is 5.20. The Labute approximate surface area is 188 Å². The van der Waals surface area contributed by atoms with E-state index in [4.69, 9.17) is 5.11 Å². The van der Waals surface area contributed by atoms with Crippen molar-refractivity contribution in [2.75, 3.05) is 5.32 Å². The number of amides is 1. The van der Waals surface area contributed by atoms with Gasteiger partial charge in [-0.1, -0.05) is 12.1 Å². The first-order chi connectivity index (χ1) is 15.6. The topological polar surface area (TPSA) is 120 Å². The number of benzene rings is 2. The Morgan fingerprint density at radius 2 is 1.76 bits per heavy atom. The normalized spacial score (nSPS) is 11.8. The predicted octanol–water partition coefficient (Wildman–Crippen LogP) is 3.77. The minimum absolute atomic E-state index is 0.0209. The van der Waals surface area contributed by atoms with Crippen molar-refractivity contribution in [2.45, 2.75) is 32.8 Å². The molecule has 0 aliphatic rings. The SMILES string of the molecule is Cc1cc(NC(=O)CC(=O)O)c(F)c(C)c1Cc1ccc(O)c(C(O)c2ccc(F)cc2)n1. The summed E-state index contributed by atoms with van der Waals surface area (Å²) in [6.45, 7) is 3.24. The van der Waals surface area contributed by atoms with Gasteiger partial charge in [0.25, 0.3) is 0 Å². The van der Waals surface area contributed by atoms with Crippen molar-refractivity contribution < 1.29 is 33.7 Å². The third kappa shape index (κ3) is 5.50. The van der Waals surface area contributed by atoms with E-state index in [1.807, 2.05) is 0 Å². The van der Waals surface area contributed by atoms with Crippen molar-refractivity contribution in [3.63, 3.8) is 0 Å². The van der Waals surface area contributed by atoms with Gasteiger partial charge in [-0.25, -0.2) is 8.78 Å². The zero-order chi connectivity index (χ0) is 24.3. The highest BCUT2D eigenvalue weighted by molar-refractivity contribution is 6.01. The van der Waals surface area contributed by atoms with Crippen molar-refractivity contribution in [3.8, 4) is 5.75 Å². The second kappa shape index (κ2) is 9.74. The standard InChI is InChI=1S/C24H22F2N2O5/c1-12-9-18(28-20(30)11-21(31)32)22(26)13(2)17(12)10-16-7-8-19(29)23(27-16)24(33)14-3-5-15(25)6-4-14/h3-9,24,29,33H,10-11H2,1-2H3,(H,28,30)(H,31,32). The number of nitrogens with zero attached hydrogens (tertiary/aromatic N) is 1. The lowest BCUT2D eigenvalue weighted by Crippen LogP contribution is -2.17. The second-order valence-electron chi connectivity index (χ2n) is 7.62. The molecule has 1 aromatic heterocycles. The molecule has 9 heteroatoms. The van der Waals surface area contributed by atoms with E-state index in [1.165, 1.54) is 49.4 Å². The molecule has 0 radical (unpaired) electrons. The van der Waals surface area contributed by atoms with Crippen LogP contribution in [-0.4, -0.2) is 32.2 Å². The van der Waals surface area contributed by atoms with Crippen LogP contribution in [0, 0.1) is 25.5 Å². The molecule has 0 saturated carbocycles. The van der Waals surface area contributed by atoms with E-state index in [2.05, 4.69) is 10.3 Å². The summed E-state index contributed by atoms with van der Waals surface area (Å²) in [7, 11) is 0. The van der Waals surface area contributed by atoms with Crippen LogP contribution in [0.5, 0.6) is 5.75 Å². The summed E-state index contributed by atoms with van der Waals surface area (Å²) in [4.78, 5) is 26.7. The number of carboxylic acids is 1. The zero-order valence-corrected chi connectivity index (χ0v) is 17.9. The van der Waals surface area contributed by atoms with Gasteiger partial charge >= 0.3 is 5.97 Å². The van der Waals surface area contributed by atoms with Crippen molar-refractivity contribution in [3.05, 3.63) is 87.7 Å². The summed E-state index contributed by atoms with van der Waals surface area (Å²) < 4.78 is 28.0. The summed E-state index contributed by atoms with van der Waals surface area (Å²) in [5, 5.41) is 31.8. The molecule has 0 fully saturated rings. The number of anilines is 1. The number of carbonyl (C=O) groups excluding carboxylic acids is 1. The van der Waals surface area contributed by atoms with Crippen LogP contribution in [0.15, 0.2) is 42.5 Å². The molecule has 1 heterocycles. The molecule has 1 unspecified atom stereocenters. The van der Waals surface area contributed by atoms with E-state index >= 15 is 0 Å². The van der Waals surface area contributed by atoms with Crippen LogP contribution < -0.4 is 5.32 Å². The molecule has 0 aliphatic heterocycles. The van der Waals surface area contributed by atoms with Gasteiger partial charge in [-0.05, 0) is 66.4 Å². The maximum Gasteiger partial charge on any atom is 0.312 e. The molecule has 0 aliphatic carbocycles. The Morgan fingerprint density at radius 1 is 1.09 bits per heavy atom. The van der Waals surface area contributed by atoms with Crippen LogP contribution in [0.4, 0.5) is 14.5 Å².